The van der Waals surface area contributed by atoms with Gasteiger partial charge < -0.3 is 9.47 Å². The summed E-state index contributed by atoms with van der Waals surface area (Å²) in [4.78, 5) is 61.6. The molecule has 0 aliphatic carbocycles. The summed E-state index contributed by atoms with van der Waals surface area (Å²) < 4.78 is 10.3. The molecule has 0 unspecified atom stereocenters. The van der Waals surface area contributed by atoms with Gasteiger partial charge >= 0.3 is 5.97 Å². The largest absolute Gasteiger partial charge is 0.496 e. The lowest BCUT2D eigenvalue weighted by atomic mass is 9.91. The van der Waals surface area contributed by atoms with Crippen molar-refractivity contribution < 1.29 is 33.6 Å². The van der Waals surface area contributed by atoms with E-state index in [1.807, 2.05) is 0 Å². The number of ether oxygens (including phenoxy) is 2. The number of ketones is 1. The molecule has 0 atom stereocenters. The highest BCUT2D eigenvalue weighted by atomic mass is 35.5. The summed E-state index contributed by atoms with van der Waals surface area (Å²) in [6.45, 7) is 4.58. The molecule has 11 heteroatoms. The monoisotopic (exact) mass is 474 g/mol. The fourth-order valence-electron chi connectivity index (χ4n) is 3.11. The Hall–Kier alpha value is -3.79. The molecule has 0 spiro atoms. The van der Waals surface area contributed by atoms with Crippen molar-refractivity contribution in [2.24, 2.45) is 5.41 Å². The standard InChI is InChI=1S/C22H19ClN2O8/c1-22(2,3)17(26)10-33-21(29)12-8-13(23)15(9-16(12)32-4)24-19(27)11-6-5-7-14(25(30)31)18(11)20(24)28/h5-9H,10H2,1-4H3. The predicted octanol–water partition coefficient (Wildman–Crippen LogP) is 3.83. The number of esters is 1. The van der Waals surface area contributed by atoms with E-state index < -0.39 is 40.4 Å². The number of amides is 2. The number of methoxy groups -OCH3 is 1. The van der Waals surface area contributed by atoms with Gasteiger partial charge in [-0.2, -0.15) is 0 Å². The van der Waals surface area contributed by atoms with E-state index in [1.54, 1.807) is 20.8 Å². The number of nitro benzene ring substituents is 1. The second kappa shape index (κ2) is 8.62. The normalized spacial score (nSPS) is 13.1. The molecule has 0 N–H and O–H groups in total. The van der Waals surface area contributed by atoms with Crippen molar-refractivity contribution in [3.63, 3.8) is 0 Å². The summed E-state index contributed by atoms with van der Waals surface area (Å²) >= 11 is 6.28. The number of imide groups is 1. The molecule has 0 aromatic heterocycles. The molecule has 0 bridgehead atoms. The third-order valence-corrected chi connectivity index (χ3v) is 5.29. The van der Waals surface area contributed by atoms with Crippen molar-refractivity contribution in [3.05, 3.63) is 62.2 Å². The molecule has 0 saturated carbocycles. The summed E-state index contributed by atoms with van der Waals surface area (Å²) in [5.41, 5.74) is -1.98. The van der Waals surface area contributed by atoms with Gasteiger partial charge in [0.05, 0.1) is 28.3 Å². The maximum Gasteiger partial charge on any atom is 0.342 e. The van der Waals surface area contributed by atoms with Gasteiger partial charge in [-0.25, -0.2) is 9.69 Å². The molecule has 0 radical (unpaired) electrons. The van der Waals surface area contributed by atoms with Crippen LogP contribution in [-0.2, 0) is 9.53 Å². The minimum atomic E-state index is -0.933. The van der Waals surface area contributed by atoms with E-state index >= 15 is 0 Å². The van der Waals surface area contributed by atoms with E-state index in [4.69, 9.17) is 21.1 Å². The fourth-order valence-corrected chi connectivity index (χ4v) is 3.35. The van der Waals surface area contributed by atoms with E-state index in [2.05, 4.69) is 0 Å². The SMILES string of the molecule is COc1cc(N2C(=O)c3cccc([N+](=O)[O-])c3C2=O)c(Cl)cc1C(=O)OCC(=O)C(C)(C)C. The van der Waals surface area contributed by atoms with Gasteiger partial charge in [-0.3, -0.25) is 24.5 Å². The quantitative estimate of drug-likeness (QED) is 0.267. The maximum atomic E-state index is 12.9. The number of carbonyl (C=O) groups is 4. The third kappa shape index (κ3) is 4.29. The fraction of sp³-hybridized carbons (Fsp3) is 0.273. The van der Waals surface area contributed by atoms with Crippen molar-refractivity contribution in [3.8, 4) is 5.75 Å². The van der Waals surface area contributed by atoms with Gasteiger partial charge in [0.1, 0.15) is 16.9 Å². The number of halogens is 1. The topological polar surface area (TPSA) is 133 Å². The van der Waals surface area contributed by atoms with Crippen LogP contribution in [0.15, 0.2) is 30.3 Å². The van der Waals surface area contributed by atoms with Crippen LogP contribution < -0.4 is 9.64 Å². The lowest BCUT2D eigenvalue weighted by molar-refractivity contribution is -0.385. The second-order valence-corrected chi connectivity index (χ2v) is 8.56. The van der Waals surface area contributed by atoms with Crippen LogP contribution in [0.4, 0.5) is 11.4 Å². The Labute approximate surface area is 193 Å². The minimum absolute atomic E-state index is 0.0753. The molecule has 1 heterocycles. The average Bonchev–Trinajstić information content (AvgIpc) is 3.01. The molecule has 2 aromatic rings. The van der Waals surface area contributed by atoms with Gasteiger partial charge in [-0.1, -0.05) is 38.4 Å². The Morgan fingerprint density at radius 2 is 1.82 bits per heavy atom. The number of rotatable bonds is 6. The number of Topliss-reactive ketones (excluding diaryl/α,β-unsaturated/α-hetero) is 1. The molecular weight excluding hydrogens is 456 g/mol. The maximum absolute atomic E-state index is 12.9. The number of hydrogen-bond donors (Lipinski definition) is 0. The Morgan fingerprint density at radius 1 is 1.15 bits per heavy atom. The van der Waals surface area contributed by atoms with Crippen LogP contribution in [0.1, 0.15) is 51.8 Å². The van der Waals surface area contributed by atoms with Crippen LogP contribution in [0.25, 0.3) is 0 Å². The highest BCUT2D eigenvalue weighted by Crippen LogP contribution is 2.40. The Morgan fingerprint density at radius 3 is 2.39 bits per heavy atom. The van der Waals surface area contributed by atoms with E-state index in [1.165, 1.54) is 25.3 Å². The molecule has 3 rings (SSSR count). The lowest BCUT2D eigenvalue weighted by Crippen LogP contribution is -2.30. The molecule has 2 aromatic carbocycles. The van der Waals surface area contributed by atoms with Crippen LogP contribution >= 0.6 is 11.6 Å². The van der Waals surface area contributed by atoms with Crippen molar-refractivity contribution in [2.75, 3.05) is 18.6 Å². The van der Waals surface area contributed by atoms with Crippen molar-refractivity contribution >= 4 is 46.5 Å². The van der Waals surface area contributed by atoms with E-state index in [-0.39, 0.29) is 38.9 Å². The molecule has 1 aliphatic rings. The summed E-state index contributed by atoms with van der Waals surface area (Å²) in [5, 5.41) is 11.1. The molecule has 172 valence electrons. The van der Waals surface area contributed by atoms with Crippen LogP contribution in [0, 0.1) is 15.5 Å². The van der Waals surface area contributed by atoms with Crippen LogP contribution in [-0.4, -0.2) is 42.2 Å². The number of nitro groups is 1. The van der Waals surface area contributed by atoms with E-state index in [9.17, 15) is 29.3 Å². The van der Waals surface area contributed by atoms with Gasteiger partial charge in [-0.15, -0.1) is 0 Å². The first-order valence-corrected chi connectivity index (χ1v) is 10.0. The zero-order valence-corrected chi connectivity index (χ0v) is 18.9. The zero-order valence-electron chi connectivity index (χ0n) is 18.1. The molecule has 33 heavy (non-hydrogen) atoms. The smallest absolute Gasteiger partial charge is 0.342 e. The summed E-state index contributed by atoms with van der Waals surface area (Å²) in [7, 11) is 1.25. The third-order valence-electron chi connectivity index (χ3n) is 4.99. The first-order valence-electron chi connectivity index (χ1n) is 9.62. The molecule has 10 nitrogen and oxygen atoms in total. The van der Waals surface area contributed by atoms with Crippen LogP contribution in [0.2, 0.25) is 5.02 Å². The Kier molecular flexibility index (Phi) is 6.24. The lowest BCUT2D eigenvalue weighted by Gasteiger charge is -2.19. The van der Waals surface area contributed by atoms with Gasteiger partial charge in [0, 0.05) is 17.5 Å². The number of anilines is 1. The van der Waals surface area contributed by atoms with Crippen LogP contribution in [0.3, 0.4) is 0 Å². The van der Waals surface area contributed by atoms with Crippen molar-refractivity contribution in [2.45, 2.75) is 20.8 Å². The van der Waals surface area contributed by atoms with E-state index in [0.717, 1.165) is 12.1 Å². The number of fused-ring (bicyclic) bond motifs is 1. The van der Waals surface area contributed by atoms with Crippen LogP contribution in [0.5, 0.6) is 5.75 Å². The number of hydrogen-bond acceptors (Lipinski definition) is 8. The summed E-state index contributed by atoms with van der Waals surface area (Å²) in [6.07, 6.45) is 0. The minimum Gasteiger partial charge on any atom is -0.496 e. The predicted molar refractivity (Wildman–Crippen MR) is 117 cm³/mol. The first-order chi connectivity index (χ1) is 15.4. The number of benzene rings is 2. The van der Waals surface area contributed by atoms with Gasteiger partial charge in [0.15, 0.2) is 12.4 Å². The molecule has 1 aliphatic heterocycles. The summed E-state index contributed by atoms with van der Waals surface area (Å²) in [6, 6.07) is 6.03. The van der Waals surface area contributed by atoms with Gasteiger partial charge in [0.25, 0.3) is 17.5 Å². The molecule has 0 saturated heterocycles. The Bertz CT molecular complexity index is 1220. The molecule has 0 fully saturated rings. The van der Waals surface area contributed by atoms with Gasteiger partial charge in [0.2, 0.25) is 0 Å². The van der Waals surface area contributed by atoms with E-state index in [0.29, 0.717) is 4.90 Å². The number of carbonyl (C=O) groups excluding carboxylic acids is 4. The molecular formula is C22H19ClN2O8. The summed E-state index contributed by atoms with van der Waals surface area (Å²) in [5.74, 6) is -3.01. The highest BCUT2D eigenvalue weighted by Gasteiger charge is 2.43. The molecule has 2 amide bonds. The second-order valence-electron chi connectivity index (χ2n) is 8.16. The van der Waals surface area contributed by atoms with Crippen molar-refractivity contribution in [1.82, 2.24) is 0 Å². The average molecular weight is 475 g/mol. The zero-order chi connectivity index (χ0) is 24.7. The highest BCUT2D eigenvalue weighted by molar-refractivity contribution is 6.40. The van der Waals surface area contributed by atoms with Gasteiger partial charge in [-0.05, 0) is 12.1 Å². The Balaban J connectivity index is 1.98. The first kappa shape index (κ1) is 23.9. The van der Waals surface area contributed by atoms with Crippen molar-refractivity contribution in [1.29, 1.82) is 0 Å². The number of nitrogens with zero attached hydrogens (tertiary/aromatic N) is 2.